The zero-order chi connectivity index (χ0) is 20.8. The third kappa shape index (κ3) is 4.62. The van der Waals surface area contributed by atoms with Crippen LogP contribution in [-0.2, 0) is 27.2 Å². The molecule has 1 aromatic carbocycles. The van der Waals surface area contributed by atoms with E-state index in [1.807, 2.05) is 6.07 Å². The van der Waals surface area contributed by atoms with Crippen LogP contribution in [-0.4, -0.2) is 37.7 Å². The van der Waals surface area contributed by atoms with Crippen LogP contribution in [0.1, 0.15) is 39.7 Å². The van der Waals surface area contributed by atoms with Gasteiger partial charge in [0.2, 0.25) is 0 Å². The summed E-state index contributed by atoms with van der Waals surface area (Å²) >= 11 is 1.31. The van der Waals surface area contributed by atoms with Crippen LogP contribution in [0.4, 0.5) is 5.00 Å². The molecule has 1 aliphatic carbocycles. The lowest BCUT2D eigenvalue weighted by molar-refractivity contribution is -0.136. The topological polar surface area (TPSA) is 106 Å². The van der Waals surface area contributed by atoms with Gasteiger partial charge in [-0.3, -0.25) is 9.59 Å². The number of nitrogens with one attached hydrogen (secondary N) is 2. The minimum Gasteiger partial charge on any atom is -0.496 e. The number of carbonyl (C=O) groups excluding carboxylic acids is 3. The summed E-state index contributed by atoms with van der Waals surface area (Å²) in [4.78, 5) is 37.7. The van der Waals surface area contributed by atoms with Crippen molar-refractivity contribution < 1.29 is 23.9 Å². The molecular formula is C20H21N3O5S. The van der Waals surface area contributed by atoms with Crippen LogP contribution in [0.2, 0.25) is 0 Å². The minimum absolute atomic E-state index is 0.231. The van der Waals surface area contributed by atoms with E-state index >= 15 is 0 Å². The largest absolute Gasteiger partial charge is 0.496 e. The molecule has 0 saturated heterocycles. The Morgan fingerprint density at radius 2 is 2.00 bits per heavy atom. The van der Waals surface area contributed by atoms with Crippen LogP contribution in [0.5, 0.6) is 5.75 Å². The molecule has 0 bridgehead atoms. The van der Waals surface area contributed by atoms with Gasteiger partial charge in [-0.2, -0.15) is 5.10 Å². The molecule has 1 aromatic heterocycles. The highest BCUT2D eigenvalue weighted by molar-refractivity contribution is 7.17. The maximum atomic E-state index is 12.3. The first-order chi connectivity index (χ1) is 14.0. The van der Waals surface area contributed by atoms with Crippen molar-refractivity contribution in [2.75, 3.05) is 19.0 Å². The standard InChI is InChI=1S/C20H21N3O5S/c1-3-28-20(26)16-13-8-6-10-15(13)29-19(16)22-17(24)18(25)23-21-11-12-7-4-5-9-14(12)27-2/h4-5,7,9,11H,3,6,8,10H2,1-2H3,(H,22,24)(H,23,25). The van der Waals surface area contributed by atoms with E-state index in [1.165, 1.54) is 24.7 Å². The molecule has 0 spiro atoms. The molecule has 0 atom stereocenters. The Bertz CT molecular complexity index is 967. The second-order valence-corrected chi connectivity index (χ2v) is 7.28. The fourth-order valence-electron chi connectivity index (χ4n) is 3.06. The summed E-state index contributed by atoms with van der Waals surface area (Å²) < 4.78 is 10.3. The molecule has 2 amide bonds. The number of hydrogen-bond acceptors (Lipinski definition) is 7. The van der Waals surface area contributed by atoms with Gasteiger partial charge < -0.3 is 14.8 Å². The van der Waals surface area contributed by atoms with Crippen molar-refractivity contribution in [3.63, 3.8) is 0 Å². The van der Waals surface area contributed by atoms with Gasteiger partial charge in [0.1, 0.15) is 10.8 Å². The molecule has 3 rings (SSSR count). The van der Waals surface area contributed by atoms with Gasteiger partial charge in [0.05, 0.1) is 25.5 Å². The molecule has 0 saturated carbocycles. The molecular weight excluding hydrogens is 394 g/mol. The maximum absolute atomic E-state index is 12.3. The van der Waals surface area contributed by atoms with Crippen molar-refractivity contribution >= 4 is 40.3 Å². The third-order valence-electron chi connectivity index (χ3n) is 4.34. The van der Waals surface area contributed by atoms with Crippen LogP contribution >= 0.6 is 11.3 Å². The normalized spacial score (nSPS) is 12.5. The molecule has 8 nitrogen and oxygen atoms in total. The highest BCUT2D eigenvalue weighted by Crippen LogP contribution is 2.39. The van der Waals surface area contributed by atoms with E-state index in [4.69, 9.17) is 9.47 Å². The van der Waals surface area contributed by atoms with E-state index in [-0.39, 0.29) is 6.61 Å². The number of thiophene rings is 1. The maximum Gasteiger partial charge on any atom is 0.341 e. The molecule has 9 heteroatoms. The van der Waals surface area contributed by atoms with E-state index in [9.17, 15) is 14.4 Å². The predicted molar refractivity (Wildman–Crippen MR) is 110 cm³/mol. The number of ether oxygens (including phenoxy) is 2. The fourth-order valence-corrected chi connectivity index (χ4v) is 4.33. The number of amides is 2. The number of esters is 1. The first-order valence-corrected chi connectivity index (χ1v) is 9.95. The molecule has 0 unspecified atom stereocenters. The number of hydrogen-bond donors (Lipinski definition) is 2. The van der Waals surface area contributed by atoms with E-state index in [0.717, 1.165) is 29.7 Å². The number of nitrogens with zero attached hydrogens (tertiary/aromatic N) is 1. The van der Waals surface area contributed by atoms with Gasteiger partial charge in [0.15, 0.2) is 0 Å². The lowest BCUT2D eigenvalue weighted by Crippen LogP contribution is -2.32. The number of methoxy groups -OCH3 is 1. The number of benzene rings is 1. The second kappa shape index (κ2) is 9.33. The Morgan fingerprint density at radius 1 is 1.21 bits per heavy atom. The smallest absolute Gasteiger partial charge is 0.341 e. The first-order valence-electron chi connectivity index (χ1n) is 9.14. The molecule has 2 N–H and O–H groups in total. The number of aryl methyl sites for hydroxylation is 1. The van der Waals surface area contributed by atoms with Crippen LogP contribution in [0, 0.1) is 0 Å². The average molecular weight is 415 g/mol. The molecule has 0 radical (unpaired) electrons. The van der Waals surface area contributed by atoms with Crippen LogP contribution in [0.15, 0.2) is 29.4 Å². The molecule has 1 aliphatic rings. The Hall–Kier alpha value is -3.20. The van der Waals surface area contributed by atoms with Gasteiger partial charge in [-0.05, 0) is 43.9 Å². The molecule has 2 aromatic rings. The summed E-state index contributed by atoms with van der Waals surface area (Å²) in [5, 5.41) is 6.65. The first kappa shape index (κ1) is 20.5. The van der Waals surface area contributed by atoms with Gasteiger partial charge in [-0.15, -0.1) is 11.3 Å². The predicted octanol–water partition coefficient (Wildman–Crippen LogP) is 2.51. The van der Waals surface area contributed by atoms with Crippen molar-refractivity contribution in [2.45, 2.75) is 26.2 Å². The van der Waals surface area contributed by atoms with Crippen molar-refractivity contribution in [1.29, 1.82) is 0 Å². The Morgan fingerprint density at radius 3 is 2.76 bits per heavy atom. The second-order valence-electron chi connectivity index (χ2n) is 6.18. The lowest BCUT2D eigenvalue weighted by atomic mass is 10.1. The number of carbonyl (C=O) groups is 3. The Balaban J connectivity index is 1.68. The summed E-state index contributed by atoms with van der Waals surface area (Å²) in [6.45, 7) is 1.95. The number of anilines is 1. The quantitative estimate of drug-likeness (QED) is 0.326. The van der Waals surface area contributed by atoms with Gasteiger partial charge in [0.25, 0.3) is 0 Å². The molecule has 0 aliphatic heterocycles. The summed E-state index contributed by atoms with van der Waals surface area (Å²) in [7, 11) is 1.53. The van der Waals surface area contributed by atoms with E-state index in [0.29, 0.717) is 21.9 Å². The molecule has 1 heterocycles. The van der Waals surface area contributed by atoms with E-state index < -0.39 is 17.8 Å². The summed E-state index contributed by atoms with van der Waals surface area (Å²) in [5.74, 6) is -1.76. The number of rotatable bonds is 6. The molecule has 29 heavy (non-hydrogen) atoms. The lowest BCUT2D eigenvalue weighted by Gasteiger charge is -2.07. The molecule has 152 valence electrons. The Labute approximate surface area is 171 Å². The number of para-hydroxylation sites is 1. The Kier molecular flexibility index (Phi) is 6.61. The van der Waals surface area contributed by atoms with E-state index in [1.54, 1.807) is 25.1 Å². The number of fused-ring (bicyclic) bond motifs is 1. The highest BCUT2D eigenvalue weighted by atomic mass is 32.1. The summed E-state index contributed by atoms with van der Waals surface area (Å²) in [6.07, 6.45) is 3.94. The average Bonchev–Trinajstić information content (AvgIpc) is 3.29. The zero-order valence-electron chi connectivity index (χ0n) is 16.1. The fraction of sp³-hybridized carbons (Fsp3) is 0.300. The highest BCUT2D eigenvalue weighted by Gasteiger charge is 2.29. The molecule has 0 fully saturated rings. The number of hydrazone groups is 1. The van der Waals surface area contributed by atoms with Crippen molar-refractivity contribution in [3.05, 3.63) is 45.8 Å². The van der Waals surface area contributed by atoms with Crippen molar-refractivity contribution in [1.82, 2.24) is 5.43 Å². The minimum atomic E-state index is -0.945. The van der Waals surface area contributed by atoms with Gasteiger partial charge >= 0.3 is 17.8 Å². The SMILES string of the molecule is CCOC(=O)c1c(NC(=O)C(=O)NN=Cc2ccccc2OC)sc2c1CCC2. The summed E-state index contributed by atoms with van der Waals surface area (Å²) in [5.41, 5.74) is 4.08. The van der Waals surface area contributed by atoms with E-state index in [2.05, 4.69) is 15.8 Å². The van der Waals surface area contributed by atoms with Gasteiger partial charge in [-0.1, -0.05) is 12.1 Å². The summed E-state index contributed by atoms with van der Waals surface area (Å²) in [6, 6.07) is 7.11. The van der Waals surface area contributed by atoms with Crippen molar-refractivity contribution in [2.24, 2.45) is 5.10 Å². The zero-order valence-corrected chi connectivity index (χ0v) is 16.9. The van der Waals surface area contributed by atoms with Gasteiger partial charge in [0, 0.05) is 10.4 Å². The van der Waals surface area contributed by atoms with Crippen LogP contribution in [0.25, 0.3) is 0 Å². The van der Waals surface area contributed by atoms with Crippen LogP contribution in [0.3, 0.4) is 0 Å². The monoisotopic (exact) mass is 415 g/mol. The van der Waals surface area contributed by atoms with Crippen LogP contribution < -0.4 is 15.5 Å². The van der Waals surface area contributed by atoms with Gasteiger partial charge in [-0.25, -0.2) is 10.2 Å². The van der Waals surface area contributed by atoms with Crippen molar-refractivity contribution in [3.8, 4) is 5.75 Å². The third-order valence-corrected chi connectivity index (χ3v) is 5.55.